The van der Waals surface area contributed by atoms with Crippen molar-refractivity contribution < 1.29 is 9.32 Å². The number of carbonyl (C=O) groups excluding carboxylic acids is 1. The Bertz CT molecular complexity index is 692. The highest BCUT2D eigenvalue weighted by Gasteiger charge is 2.34. The van der Waals surface area contributed by atoms with E-state index in [1.165, 1.54) is 12.8 Å². The molecule has 24 heavy (non-hydrogen) atoms. The van der Waals surface area contributed by atoms with E-state index in [9.17, 15) is 4.79 Å². The second-order valence-corrected chi connectivity index (χ2v) is 6.49. The summed E-state index contributed by atoms with van der Waals surface area (Å²) in [6.45, 7) is 1.97. The Morgan fingerprint density at radius 3 is 2.88 bits per heavy atom. The highest BCUT2D eigenvalue weighted by Crippen LogP contribution is 2.26. The Morgan fingerprint density at radius 1 is 1.29 bits per heavy atom. The molecular weight excluding hydrogens is 308 g/mol. The molecule has 2 aliphatic rings. The van der Waals surface area contributed by atoms with Crippen LogP contribution >= 0.6 is 0 Å². The maximum Gasteiger partial charge on any atom is 0.234 e. The van der Waals surface area contributed by atoms with Crippen LogP contribution in [-0.4, -0.2) is 56.6 Å². The second-order valence-electron chi connectivity index (χ2n) is 6.49. The van der Waals surface area contributed by atoms with Crippen molar-refractivity contribution >= 4 is 5.91 Å². The number of amides is 1. The van der Waals surface area contributed by atoms with Crippen LogP contribution in [0, 0.1) is 0 Å². The van der Waals surface area contributed by atoms with Gasteiger partial charge in [-0.2, -0.15) is 4.98 Å². The molecule has 8 nitrogen and oxygen atoms in total. The van der Waals surface area contributed by atoms with Crippen LogP contribution < -0.4 is 5.32 Å². The van der Waals surface area contributed by atoms with Gasteiger partial charge < -0.3 is 9.84 Å². The zero-order valence-corrected chi connectivity index (χ0v) is 13.4. The van der Waals surface area contributed by atoms with Crippen LogP contribution in [0.4, 0.5) is 0 Å². The molecule has 1 saturated heterocycles. The van der Waals surface area contributed by atoms with E-state index < -0.39 is 0 Å². The van der Waals surface area contributed by atoms with Gasteiger partial charge in [0.2, 0.25) is 17.6 Å². The maximum absolute atomic E-state index is 12.0. The molecule has 0 spiro atoms. The number of likely N-dealkylation sites (tertiary alicyclic amines) is 1. The van der Waals surface area contributed by atoms with Crippen LogP contribution in [0.2, 0.25) is 0 Å². The van der Waals surface area contributed by atoms with Gasteiger partial charge in [-0.3, -0.25) is 14.7 Å². The Morgan fingerprint density at radius 2 is 2.12 bits per heavy atom. The molecule has 2 aromatic rings. The summed E-state index contributed by atoms with van der Waals surface area (Å²) in [7, 11) is 0. The molecular formula is C16H20N6O2. The molecule has 0 radical (unpaired) electrons. The van der Waals surface area contributed by atoms with E-state index >= 15 is 0 Å². The number of nitrogens with one attached hydrogen (secondary N) is 1. The molecule has 8 heteroatoms. The number of carbonyl (C=O) groups is 1. The summed E-state index contributed by atoms with van der Waals surface area (Å²) in [6.07, 6.45) is 9.48. The van der Waals surface area contributed by atoms with Gasteiger partial charge >= 0.3 is 0 Å². The van der Waals surface area contributed by atoms with Crippen molar-refractivity contribution in [3.05, 3.63) is 24.5 Å². The van der Waals surface area contributed by atoms with E-state index in [4.69, 9.17) is 4.52 Å². The molecule has 2 fully saturated rings. The first kappa shape index (κ1) is 15.2. The van der Waals surface area contributed by atoms with E-state index in [1.807, 2.05) is 0 Å². The predicted molar refractivity (Wildman–Crippen MR) is 84.9 cm³/mol. The van der Waals surface area contributed by atoms with Crippen LogP contribution in [0.5, 0.6) is 0 Å². The van der Waals surface area contributed by atoms with Gasteiger partial charge in [0.1, 0.15) is 5.69 Å². The summed E-state index contributed by atoms with van der Waals surface area (Å²) in [5.74, 6) is 1.35. The van der Waals surface area contributed by atoms with E-state index in [2.05, 4.69) is 30.3 Å². The Hall–Kier alpha value is -2.35. The summed E-state index contributed by atoms with van der Waals surface area (Å²) in [5.41, 5.74) is 0.597. The van der Waals surface area contributed by atoms with E-state index in [0.717, 1.165) is 25.9 Å². The van der Waals surface area contributed by atoms with Crippen LogP contribution in [0.3, 0.4) is 0 Å². The lowest BCUT2D eigenvalue weighted by molar-refractivity contribution is -0.124. The third-order valence-electron chi connectivity index (χ3n) is 4.63. The highest BCUT2D eigenvalue weighted by molar-refractivity contribution is 5.78. The quantitative estimate of drug-likeness (QED) is 0.874. The van der Waals surface area contributed by atoms with Crippen LogP contribution in [0.1, 0.15) is 37.5 Å². The molecule has 1 N–H and O–H groups in total. The van der Waals surface area contributed by atoms with Crippen LogP contribution in [0.15, 0.2) is 23.1 Å². The summed E-state index contributed by atoms with van der Waals surface area (Å²) < 4.78 is 5.33. The normalized spacial score (nSPS) is 19.3. The molecule has 126 valence electrons. The van der Waals surface area contributed by atoms with Gasteiger partial charge in [-0.25, -0.2) is 4.98 Å². The number of hydrogen-bond acceptors (Lipinski definition) is 7. The van der Waals surface area contributed by atoms with Gasteiger partial charge in [-0.05, 0) is 12.8 Å². The standard InChI is InChI=1S/C16H20N6O2/c23-14(19-12-3-1-2-4-12)10-22-8-11(9-22)16-20-15(21-24-16)13-7-17-5-6-18-13/h5-7,11-12H,1-4,8-10H2,(H,19,23). The Labute approximate surface area is 139 Å². The van der Waals surface area contributed by atoms with E-state index in [0.29, 0.717) is 30.0 Å². The summed E-state index contributed by atoms with van der Waals surface area (Å²) in [5, 5.41) is 7.07. The molecule has 0 atom stereocenters. The van der Waals surface area contributed by atoms with Gasteiger partial charge in [-0.1, -0.05) is 18.0 Å². The first-order chi connectivity index (χ1) is 11.8. The Balaban J connectivity index is 1.27. The van der Waals surface area contributed by atoms with Gasteiger partial charge in [0.05, 0.1) is 18.7 Å². The zero-order valence-electron chi connectivity index (χ0n) is 13.4. The third kappa shape index (κ3) is 3.28. The number of nitrogens with zero attached hydrogens (tertiary/aromatic N) is 5. The SMILES string of the molecule is O=C(CN1CC(c2nc(-c3cnccn3)no2)C1)NC1CCCC1. The van der Waals surface area contributed by atoms with Crippen molar-refractivity contribution in [1.29, 1.82) is 0 Å². The molecule has 0 unspecified atom stereocenters. The monoisotopic (exact) mass is 328 g/mol. The van der Waals surface area contributed by atoms with Crippen LogP contribution in [-0.2, 0) is 4.79 Å². The minimum absolute atomic E-state index is 0.117. The van der Waals surface area contributed by atoms with Gasteiger partial charge in [0, 0.05) is 31.5 Å². The maximum atomic E-state index is 12.0. The van der Waals surface area contributed by atoms with Crippen molar-refractivity contribution in [3.63, 3.8) is 0 Å². The average Bonchev–Trinajstić information content (AvgIpc) is 3.23. The summed E-state index contributed by atoms with van der Waals surface area (Å²) in [4.78, 5) is 26.7. The van der Waals surface area contributed by atoms with Gasteiger partial charge in [0.15, 0.2) is 0 Å². The average molecular weight is 328 g/mol. The first-order valence-corrected chi connectivity index (χ1v) is 8.39. The minimum atomic E-state index is 0.117. The Kier molecular flexibility index (Phi) is 4.20. The number of rotatable bonds is 5. The topological polar surface area (TPSA) is 97.0 Å². The third-order valence-corrected chi connectivity index (χ3v) is 4.63. The lowest BCUT2D eigenvalue weighted by Crippen LogP contribution is -2.50. The molecule has 0 bridgehead atoms. The molecule has 1 amide bonds. The second kappa shape index (κ2) is 6.64. The fourth-order valence-electron chi connectivity index (χ4n) is 3.32. The van der Waals surface area contributed by atoms with Crippen molar-refractivity contribution in [3.8, 4) is 11.5 Å². The lowest BCUT2D eigenvalue weighted by Gasteiger charge is -2.36. The number of hydrogen-bond donors (Lipinski definition) is 1. The minimum Gasteiger partial charge on any atom is -0.352 e. The van der Waals surface area contributed by atoms with Crippen molar-refractivity contribution in [1.82, 2.24) is 30.3 Å². The summed E-state index contributed by atoms with van der Waals surface area (Å²) in [6, 6.07) is 0.375. The summed E-state index contributed by atoms with van der Waals surface area (Å²) >= 11 is 0. The van der Waals surface area contributed by atoms with E-state index in [1.54, 1.807) is 18.6 Å². The largest absolute Gasteiger partial charge is 0.352 e. The predicted octanol–water partition coefficient (Wildman–Crippen LogP) is 0.985. The molecule has 3 heterocycles. The molecule has 1 aliphatic carbocycles. The smallest absolute Gasteiger partial charge is 0.234 e. The van der Waals surface area contributed by atoms with Gasteiger partial charge in [0.25, 0.3) is 0 Å². The molecule has 1 saturated carbocycles. The molecule has 0 aromatic carbocycles. The molecule has 1 aliphatic heterocycles. The molecule has 2 aromatic heterocycles. The first-order valence-electron chi connectivity index (χ1n) is 8.39. The van der Waals surface area contributed by atoms with Crippen LogP contribution in [0.25, 0.3) is 11.5 Å². The zero-order chi connectivity index (χ0) is 16.4. The fraction of sp³-hybridized carbons (Fsp3) is 0.562. The van der Waals surface area contributed by atoms with Crippen molar-refractivity contribution in [2.45, 2.75) is 37.6 Å². The number of aromatic nitrogens is 4. The van der Waals surface area contributed by atoms with Crippen molar-refractivity contribution in [2.24, 2.45) is 0 Å². The fourth-order valence-corrected chi connectivity index (χ4v) is 3.32. The lowest BCUT2D eigenvalue weighted by atomic mass is 10.0. The highest BCUT2D eigenvalue weighted by atomic mass is 16.5. The van der Waals surface area contributed by atoms with E-state index in [-0.39, 0.29) is 11.8 Å². The molecule has 4 rings (SSSR count). The van der Waals surface area contributed by atoms with Gasteiger partial charge in [-0.15, -0.1) is 0 Å². The van der Waals surface area contributed by atoms with Crippen molar-refractivity contribution in [2.75, 3.05) is 19.6 Å².